The Bertz CT molecular complexity index is 792. The molecule has 1 N–H and O–H groups in total. The van der Waals surface area contributed by atoms with Crippen molar-refractivity contribution in [3.63, 3.8) is 0 Å². The number of nitrogens with zero attached hydrogens (tertiary/aromatic N) is 1. The zero-order chi connectivity index (χ0) is 18.6. The molecule has 25 heavy (non-hydrogen) atoms. The number of nitro groups is 1. The molecule has 1 amide bonds. The van der Waals surface area contributed by atoms with Crippen LogP contribution in [0.2, 0.25) is 0 Å². The molecule has 0 saturated heterocycles. The Labute approximate surface area is 149 Å². The highest BCUT2D eigenvalue weighted by molar-refractivity contribution is 9.10. The van der Waals surface area contributed by atoms with E-state index in [0.717, 1.165) is 6.07 Å². The van der Waals surface area contributed by atoms with E-state index in [-0.39, 0.29) is 22.3 Å². The fourth-order valence-corrected chi connectivity index (χ4v) is 2.56. The van der Waals surface area contributed by atoms with Crippen LogP contribution in [0.5, 0.6) is 0 Å². The molecule has 2 rings (SSSR count). The van der Waals surface area contributed by atoms with Crippen molar-refractivity contribution in [3.8, 4) is 0 Å². The molecule has 0 atom stereocenters. The molecule has 0 saturated carbocycles. The highest BCUT2D eigenvalue weighted by atomic mass is 79.9. The number of carbonyl (C=O) groups excluding carboxylic acids is 1. The standard InChI is InChI=1S/C16H12BrF3N2O3/c17-14-7-4-11(9-13(14)16(18,19)20)21-15(23)8-3-10-1-5-12(6-2-10)22(24)25/h1-2,4-7,9H,3,8H2,(H,21,23). The van der Waals surface area contributed by atoms with Gasteiger partial charge in [0.15, 0.2) is 0 Å². The second-order valence-electron chi connectivity index (χ2n) is 5.16. The maximum atomic E-state index is 12.8. The molecule has 0 spiro atoms. The lowest BCUT2D eigenvalue weighted by atomic mass is 10.1. The van der Waals surface area contributed by atoms with Crippen LogP contribution in [0.1, 0.15) is 17.5 Å². The minimum absolute atomic E-state index is 0.0369. The number of nitro benzene ring substituents is 1. The van der Waals surface area contributed by atoms with Gasteiger partial charge in [0, 0.05) is 28.7 Å². The van der Waals surface area contributed by atoms with E-state index in [9.17, 15) is 28.1 Å². The van der Waals surface area contributed by atoms with E-state index in [1.54, 1.807) is 0 Å². The van der Waals surface area contributed by atoms with E-state index < -0.39 is 22.6 Å². The van der Waals surface area contributed by atoms with Crippen LogP contribution < -0.4 is 5.32 Å². The Kier molecular flexibility index (Phi) is 5.78. The van der Waals surface area contributed by atoms with E-state index >= 15 is 0 Å². The van der Waals surface area contributed by atoms with Crippen molar-refractivity contribution in [1.82, 2.24) is 0 Å². The minimum atomic E-state index is -4.53. The topological polar surface area (TPSA) is 72.2 Å². The number of hydrogen-bond donors (Lipinski definition) is 1. The zero-order valence-corrected chi connectivity index (χ0v) is 14.2. The molecule has 2 aromatic rings. The summed E-state index contributed by atoms with van der Waals surface area (Å²) < 4.78 is 38.4. The van der Waals surface area contributed by atoms with E-state index in [2.05, 4.69) is 21.2 Å². The normalized spacial score (nSPS) is 11.2. The summed E-state index contributed by atoms with van der Waals surface area (Å²) in [6.45, 7) is 0. The third-order valence-corrected chi connectivity index (χ3v) is 4.03. The first kappa shape index (κ1) is 18.9. The Morgan fingerprint density at radius 2 is 1.80 bits per heavy atom. The van der Waals surface area contributed by atoms with Crippen molar-refractivity contribution >= 4 is 33.2 Å². The molecule has 9 heteroatoms. The summed E-state index contributed by atoms with van der Waals surface area (Å²) in [7, 11) is 0. The quantitative estimate of drug-likeness (QED) is 0.553. The lowest BCUT2D eigenvalue weighted by Crippen LogP contribution is -2.14. The Balaban J connectivity index is 1.97. The molecule has 0 radical (unpaired) electrons. The minimum Gasteiger partial charge on any atom is -0.326 e. The van der Waals surface area contributed by atoms with Gasteiger partial charge in [-0.1, -0.05) is 28.1 Å². The van der Waals surface area contributed by atoms with Crippen LogP contribution in [0.25, 0.3) is 0 Å². The van der Waals surface area contributed by atoms with Gasteiger partial charge in [0.1, 0.15) is 0 Å². The van der Waals surface area contributed by atoms with Gasteiger partial charge in [-0.2, -0.15) is 13.2 Å². The summed E-state index contributed by atoms with van der Waals surface area (Å²) in [4.78, 5) is 21.9. The van der Waals surface area contributed by atoms with Crippen LogP contribution in [0.15, 0.2) is 46.9 Å². The number of aryl methyl sites for hydroxylation is 1. The summed E-state index contributed by atoms with van der Waals surface area (Å²) in [6.07, 6.45) is -4.18. The molecule has 5 nitrogen and oxygen atoms in total. The molecule has 0 aliphatic carbocycles. The van der Waals surface area contributed by atoms with Gasteiger partial charge in [-0.15, -0.1) is 0 Å². The summed E-state index contributed by atoms with van der Waals surface area (Å²) in [5.74, 6) is -0.450. The molecule has 0 unspecified atom stereocenters. The van der Waals surface area contributed by atoms with Gasteiger partial charge in [-0.3, -0.25) is 14.9 Å². The Hall–Kier alpha value is -2.42. The third-order valence-electron chi connectivity index (χ3n) is 3.34. The molecule has 0 fully saturated rings. The van der Waals surface area contributed by atoms with Gasteiger partial charge < -0.3 is 5.32 Å². The van der Waals surface area contributed by atoms with Gasteiger partial charge in [-0.25, -0.2) is 0 Å². The first-order valence-electron chi connectivity index (χ1n) is 7.07. The summed E-state index contributed by atoms with van der Waals surface area (Å²) in [6, 6.07) is 9.17. The monoisotopic (exact) mass is 416 g/mol. The maximum absolute atomic E-state index is 12.8. The first-order valence-corrected chi connectivity index (χ1v) is 7.86. The van der Waals surface area contributed by atoms with E-state index in [0.29, 0.717) is 12.0 Å². The van der Waals surface area contributed by atoms with Crippen molar-refractivity contribution in [2.75, 3.05) is 5.32 Å². The Morgan fingerprint density at radius 1 is 1.16 bits per heavy atom. The number of alkyl halides is 3. The van der Waals surface area contributed by atoms with Gasteiger partial charge in [0.25, 0.3) is 5.69 Å². The summed E-state index contributed by atoms with van der Waals surface area (Å²) >= 11 is 2.83. The average molecular weight is 417 g/mol. The number of nitrogens with one attached hydrogen (secondary N) is 1. The van der Waals surface area contributed by atoms with Crippen LogP contribution in [0, 0.1) is 10.1 Å². The summed E-state index contributed by atoms with van der Waals surface area (Å²) in [5.41, 5.74) is -0.167. The van der Waals surface area contributed by atoms with Crippen LogP contribution in [0.4, 0.5) is 24.5 Å². The summed E-state index contributed by atoms with van der Waals surface area (Å²) in [5, 5.41) is 13.0. The molecule has 2 aromatic carbocycles. The highest BCUT2D eigenvalue weighted by Crippen LogP contribution is 2.36. The molecule has 0 aliphatic rings. The SMILES string of the molecule is O=C(CCc1ccc([N+](=O)[O-])cc1)Nc1ccc(Br)c(C(F)(F)F)c1. The molecule has 0 aliphatic heterocycles. The van der Waals surface area contributed by atoms with Crippen LogP contribution in [0.3, 0.4) is 0 Å². The van der Waals surface area contributed by atoms with Crippen LogP contribution in [-0.4, -0.2) is 10.8 Å². The lowest BCUT2D eigenvalue weighted by Gasteiger charge is -2.12. The number of halogens is 4. The zero-order valence-electron chi connectivity index (χ0n) is 12.6. The van der Waals surface area contributed by atoms with Crippen LogP contribution in [-0.2, 0) is 17.4 Å². The predicted molar refractivity (Wildman–Crippen MR) is 89.2 cm³/mol. The van der Waals surface area contributed by atoms with Crippen molar-refractivity contribution in [2.24, 2.45) is 0 Å². The predicted octanol–water partition coefficient (Wildman–Crippen LogP) is 4.95. The highest BCUT2D eigenvalue weighted by Gasteiger charge is 2.33. The molecule has 0 aromatic heterocycles. The second kappa shape index (κ2) is 7.64. The maximum Gasteiger partial charge on any atom is 0.417 e. The van der Waals surface area contributed by atoms with E-state index in [4.69, 9.17) is 0 Å². The van der Waals surface area contributed by atoms with Crippen molar-refractivity contribution in [2.45, 2.75) is 19.0 Å². The molecule has 132 valence electrons. The number of anilines is 1. The molecular formula is C16H12BrF3N2O3. The fraction of sp³-hybridized carbons (Fsp3) is 0.188. The second-order valence-corrected chi connectivity index (χ2v) is 6.02. The van der Waals surface area contributed by atoms with Gasteiger partial charge >= 0.3 is 6.18 Å². The number of rotatable bonds is 5. The molecule has 0 heterocycles. The number of hydrogen-bond acceptors (Lipinski definition) is 3. The van der Waals surface area contributed by atoms with Crippen molar-refractivity contribution in [1.29, 1.82) is 0 Å². The van der Waals surface area contributed by atoms with Crippen LogP contribution >= 0.6 is 15.9 Å². The van der Waals surface area contributed by atoms with Gasteiger partial charge in [0.05, 0.1) is 10.5 Å². The van der Waals surface area contributed by atoms with E-state index in [1.165, 1.54) is 36.4 Å². The average Bonchev–Trinajstić information content (AvgIpc) is 2.54. The number of carbonyl (C=O) groups is 1. The molecule has 0 bridgehead atoms. The van der Waals surface area contributed by atoms with E-state index in [1.807, 2.05) is 0 Å². The number of non-ortho nitro benzene ring substituents is 1. The number of benzene rings is 2. The van der Waals surface area contributed by atoms with Gasteiger partial charge in [0.2, 0.25) is 5.91 Å². The lowest BCUT2D eigenvalue weighted by molar-refractivity contribution is -0.384. The largest absolute Gasteiger partial charge is 0.417 e. The smallest absolute Gasteiger partial charge is 0.326 e. The Morgan fingerprint density at radius 3 is 2.36 bits per heavy atom. The van der Waals surface area contributed by atoms with Crippen molar-refractivity contribution in [3.05, 3.63) is 68.2 Å². The number of amides is 1. The van der Waals surface area contributed by atoms with Gasteiger partial charge in [-0.05, 0) is 30.2 Å². The third kappa shape index (κ3) is 5.28. The first-order chi connectivity index (χ1) is 11.7. The molecular weight excluding hydrogens is 405 g/mol. The fourth-order valence-electron chi connectivity index (χ4n) is 2.09. The van der Waals surface area contributed by atoms with Crippen molar-refractivity contribution < 1.29 is 22.9 Å².